The average molecular weight is 348 g/mol. The van der Waals surface area contributed by atoms with Crippen molar-refractivity contribution >= 4 is 23.7 Å². The number of urea groups is 1. The number of carbonyl (C=O) groups excluding carboxylic acids is 4. The summed E-state index contributed by atoms with van der Waals surface area (Å²) in [6.07, 6.45) is 1.71. The molecule has 7 nitrogen and oxygen atoms in total. The summed E-state index contributed by atoms with van der Waals surface area (Å²) in [5.74, 6) is -2.22. The van der Waals surface area contributed by atoms with Crippen molar-refractivity contribution in [3.63, 3.8) is 0 Å². The number of esters is 1. The van der Waals surface area contributed by atoms with Gasteiger partial charge in [0.25, 0.3) is 5.91 Å². The zero-order valence-corrected chi connectivity index (χ0v) is 13.6. The van der Waals surface area contributed by atoms with Gasteiger partial charge in [-0.25, -0.2) is 9.18 Å². The number of imide groups is 1. The summed E-state index contributed by atoms with van der Waals surface area (Å²) in [7, 11) is 0. The first-order chi connectivity index (χ1) is 11.8. The highest BCUT2D eigenvalue weighted by atomic mass is 19.1. The van der Waals surface area contributed by atoms with Crippen LogP contribution in [0.5, 0.6) is 0 Å². The number of ether oxygens (including phenoxy) is 1. The Hall–Kier alpha value is -2.77. The minimum absolute atomic E-state index is 0.0880. The Bertz CT molecular complexity index is 744. The van der Waals surface area contributed by atoms with Crippen LogP contribution < -0.4 is 5.32 Å². The summed E-state index contributed by atoms with van der Waals surface area (Å²) in [6, 6.07) is 4.18. The lowest BCUT2D eigenvalue weighted by Crippen LogP contribution is -2.46. The molecule has 132 valence electrons. The summed E-state index contributed by atoms with van der Waals surface area (Å²) < 4.78 is 17.7. The topological polar surface area (TPSA) is 92.8 Å². The first-order valence-electron chi connectivity index (χ1n) is 7.90. The van der Waals surface area contributed by atoms with Crippen LogP contribution in [-0.4, -0.2) is 47.3 Å². The summed E-state index contributed by atoms with van der Waals surface area (Å²) in [4.78, 5) is 48.9. The van der Waals surface area contributed by atoms with Crippen LogP contribution in [0.15, 0.2) is 24.3 Å². The Morgan fingerprint density at radius 1 is 1.28 bits per heavy atom. The smallest absolute Gasteiger partial charge is 0.326 e. The first-order valence-corrected chi connectivity index (χ1v) is 7.90. The fourth-order valence-corrected chi connectivity index (χ4v) is 2.84. The molecule has 3 rings (SSSR count). The molecule has 1 aromatic rings. The minimum atomic E-state index is -0.971. The van der Waals surface area contributed by atoms with Crippen molar-refractivity contribution in [1.29, 1.82) is 0 Å². The molecule has 1 heterocycles. The van der Waals surface area contributed by atoms with Gasteiger partial charge in [-0.15, -0.1) is 0 Å². The van der Waals surface area contributed by atoms with Crippen LogP contribution in [-0.2, 0) is 14.3 Å². The van der Waals surface area contributed by atoms with Crippen molar-refractivity contribution in [2.24, 2.45) is 5.92 Å². The van der Waals surface area contributed by atoms with Gasteiger partial charge in [-0.3, -0.25) is 19.3 Å². The van der Waals surface area contributed by atoms with Crippen LogP contribution in [0.4, 0.5) is 9.18 Å². The third-order valence-corrected chi connectivity index (χ3v) is 4.51. The fraction of sp³-hybridized carbons (Fsp3) is 0.412. The molecule has 0 radical (unpaired) electrons. The summed E-state index contributed by atoms with van der Waals surface area (Å²) >= 11 is 0. The standard InChI is InChI=1S/C17H17FN2O5/c1-17(11-4-5-11)15(23)20(16(24)19-17)8-14(22)25-9-13(21)10-2-6-12(18)7-3-10/h2-3,6-7,11H,4-5,8-9H2,1H3,(H,19,24)/t17-/m1/s1. The Labute approximate surface area is 143 Å². The van der Waals surface area contributed by atoms with Gasteiger partial charge in [0.05, 0.1) is 0 Å². The van der Waals surface area contributed by atoms with Crippen molar-refractivity contribution in [3.8, 4) is 0 Å². The fourth-order valence-electron chi connectivity index (χ4n) is 2.84. The molecule has 2 aliphatic rings. The van der Waals surface area contributed by atoms with E-state index in [1.54, 1.807) is 6.92 Å². The lowest BCUT2D eigenvalue weighted by molar-refractivity contribution is -0.146. The predicted octanol–water partition coefficient (Wildman–Crippen LogP) is 1.27. The monoisotopic (exact) mass is 348 g/mol. The lowest BCUT2D eigenvalue weighted by Gasteiger charge is -2.20. The molecule has 0 bridgehead atoms. The second kappa shape index (κ2) is 6.27. The van der Waals surface area contributed by atoms with E-state index in [9.17, 15) is 23.6 Å². The van der Waals surface area contributed by atoms with Crippen LogP contribution in [0.2, 0.25) is 0 Å². The number of rotatable bonds is 6. The molecular weight excluding hydrogens is 331 g/mol. The molecule has 1 aliphatic carbocycles. The molecule has 25 heavy (non-hydrogen) atoms. The number of benzene rings is 1. The predicted molar refractivity (Wildman–Crippen MR) is 83.1 cm³/mol. The molecule has 3 amide bonds. The maximum absolute atomic E-state index is 12.8. The van der Waals surface area contributed by atoms with Gasteiger partial charge in [-0.1, -0.05) is 0 Å². The first kappa shape index (κ1) is 17.1. The van der Waals surface area contributed by atoms with Crippen LogP contribution in [0.1, 0.15) is 30.1 Å². The number of nitrogens with zero attached hydrogens (tertiary/aromatic N) is 1. The minimum Gasteiger partial charge on any atom is -0.456 e. The molecule has 1 aliphatic heterocycles. The van der Waals surface area contributed by atoms with E-state index in [1.807, 2.05) is 0 Å². The van der Waals surface area contributed by atoms with Crippen LogP contribution in [0, 0.1) is 11.7 Å². The molecule has 1 atom stereocenters. The highest BCUT2D eigenvalue weighted by molar-refractivity contribution is 6.09. The number of nitrogens with one attached hydrogen (secondary N) is 1. The number of hydrogen-bond acceptors (Lipinski definition) is 5. The molecule has 0 aromatic heterocycles. The highest BCUT2D eigenvalue weighted by Crippen LogP contribution is 2.42. The zero-order chi connectivity index (χ0) is 18.2. The van der Waals surface area contributed by atoms with E-state index in [1.165, 1.54) is 12.1 Å². The number of carbonyl (C=O) groups is 4. The second-order valence-corrected chi connectivity index (χ2v) is 6.39. The van der Waals surface area contributed by atoms with Gasteiger partial charge >= 0.3 is 12.0 Å². The van der Waals surface area contributed by atoms with E-state index in [2.05, 4.69) is 5.32 Å². The van der Waals surface area contributed by atoms with E-state index in [0.29, 0.717) is 0 Å². The Kier molecular flexibility index (Phi) is 4.28. The summed E-state index contributed by atoms with van der Waals surface area (Å²) in [6.45, 7) is 0.548. The highest BCUT2D eigenvalue weighted by Gasteiger charge is 2.56. The van der Waals surface area contributed by atoms with Crippen molar-refractivity contribution in [2.75, 3.05) is 13.2 Å². The van der Waals surface area contributed by atoms with Crippen molar-refractivity contribution in [2.45, 2.75) is 25.3 Å². The third-order valence-electron chi connectivity index (χ3n) is 4.51. The molecular formula is C17H17FN2O5. The van der Waals surface area contributed by atoms with Crippen molar-refractivity contribution in [1.82, 2.24) is 10.2 Å². The molecule has 2 fully saturated rings. The normalized spacial score (nSPS) is 22.7. The van der Waals surface area contributed by atoms with Gasteiger partial charge in [0.15, 0.2) is 12.4 Å². The molecule has 0 unspecified atom stereocenters. The van der Waals surface area contributed by atoms with Gasteiger partial charge in [-0.2, -0.15) is 0 Å². The molecule has 0 spiro atoms. The third kappa shape index (κ3) is 3.38. The van der Waals surface area contributed by atoms with E-state index in [0.717, 1.165) is 29.9 Å². The molecule has 1 saturated heterocycles. The van der Waals surface area contributed by atoms with E-state index < -0.39 is 48.2 Å². The van der Waals surface area contributed by atoms with Crippen LogP contribution in [0.25, 0.3) is 0 Å². The largest absolute Gasteiger partial charge is 0.456 e. The van der Waals surface area contributed by atoms with Gasteiger partial charge in [0.1, 0.15) is 17.9 Å². The van der Waals surface area contributed by atoms with Crippen molar-refractivity contribution < 1.29 is 28.3 Å². The van der Waals surface area contributed by atoms with Crippen LogP contribution >= 0.6 is 0 Å². The SMILES string of the molecule is C[C@]1(C2CC2)NC(=O)N(CC(=O)OCC(=O)c2ccc(F)cc2)C1=O. The van der Waals surface area contributed by atoms with Gasteiger partial charge < -0.3 is 10.1 Å². The number of ketones is 1. The maximum Gasteiger partial charge on any atom is 0.326 e. The van der Waals surface area contributed by atoms with Crippen molar-refractivity contribution in [3.05, 3.63) is 35.6 Å². The lowest BCUT2D eigenvalue weighted by atomic mass is 9.96. The molecule has 8 heteroatoms. The Balaban J connectivity index is 1.54. The zero-order valence-electron chi connectivity index (χ0n) is 13.6. The van der Waals surface area contributed by atoms with E-state index >= 15 is 0 Å². The van der Waals surface area contributed by atoms with Gasteiger partial charge in [-0.05, 0) is 49.9 Å². The summed E-state index contributed by atoms with van der Waals surface area (Å²) in [5, 5.41) is 2.62. The van der Waals surface area contributed by atoms with Gasteiger partial charge in [0.2, 0.25) is 0 Å². The number of Topliss-reactive ketones (excluding diaryl/α,β-unsaturated/α-hetero) is 1. The maximum atomic E-state index is 12.8. The molecule has 1 aromatic carbocycles. The number of amides is 3. The van der Waals surface area contributed by atoms with E-state index in [4.69, 9.17) is 4.74 Å². The number of hydrogen-bond donors (Lipinski definition) is 1. The number of halogens is 1. The Morgan fingerprint density at radius 2 is 1.92 bits per heavy atom. The average Bonchev–Trinajstić information content (AvgIpc) is 3.39. The summed E-state index contributed by atoms with van der Waals surface area (Å²) in [5.41, 5.74) is -0.771. The van der Waals surface area contributed by atoms with E-state index in [-0.39, 0.29) is 11.5 Å². The molecule has 1 saturated carbocycles. The van der Waals surface area contributed by atoms with Crippen LogP contribution in [0.3, 0.4) is 0 Å². The second-order valence-electron chi connectivity index (χ2n) is 6.39. The molecule has 1 N–H and O–H groups in total. The van der Waals surface area contributed by atoms with Gasteiger partial charge in [0, 0.05) is 5.56 Å². The quantitative estimate of drug-likeness (QED) is 0.475. The Morgan fingerprint density at radius 3 is 2.52 bits per heavy atom.